The van der Waals surface area contributed by atoms with Gasteiger partial charge in [0.25, 0.3) is 0 Å². The van der Waals surface area contributed by atoms with Crippen LogP contribution in [0.25, 0.3) is 5.65 Å². The second-order valence-corrected chi connectivity index (χ2v) is 5.63. The number of fused-ring (bicyclic) bond motifs is 2. The Morgan fingerprint density at radius 2 is 2.24 bits per heavy atom. The first-order valence-electron chi connectivity index (χ1n) is 6.63. The van der Waals surface area contributed by atoms with Gasteiger partial charge in [-0.05, 0) is 17.5 Å². The smallest absolute Gasteiger partial charge is 0.348 e. The third-order valence-corrected chi connectivity index (χ3v) is 4.19. The molecule has 2 N–H and O–H groups in total. The molecule has 2 heterocycles. The highest BCUT2D eigenvalue weighted by molar-refractivity contribution is 6.21. The lowest BCUT2D eigenvalue weighted by atomic mass is 10.1. The van der Waals surface area contributed by atoms with Gasteiger partial charge >= 0.3 is 5.69 Å². The first-order valence-corrected chi connectivity index (χ1v) is 7.07. The van der Waals surface area contributed by atoms with Crippen LogP contribution in [0.1, 0.15) is 17.2 Å². The van der Waals surface area contributed by atoms with Crippen molar-refractivity contribution in [2.24, 2.45) is 0 Å². The molecule has 21 heavy (non-hydrogen) atoms. The number of nitrogens with one attached hydrogen (secondary N) is 2. The topological polar surface area (TPSA) is 75.1 Å². The van der Waals surface area contributed by atoms with Crippen molar-refractivity contribution in [3.63, 3.8) is 0 Å². The summed E-state index contributed by atoms with van der Waals surface area (Å²) in [7, 11) is 0. The summed E-state index contributed by atoms with van der Waals surface area (Å²) >= 11 is 6.45. The number of H-pyrrole nitrogens is 1. The average Bonchev–Trinajstić information content (AvgIpc) is 3.01. The van der Waals surface area contributed by atoms with E-state index >= 15 is 0 Å². The minimum absolute atomic E-state index is 0.00322. The molecular formula is C14H12ClN5O. The molecule has 0 amide bonds. The fourth-order valence-corrected chi connectivity index (χ4v) is 3.13. The largest absolute Gasteiger partial charge is 0.362 e. The number of aromatic amines is 1. The summed E-state index contributed by atoms with van der Waals surface area (Å²) in [5.41, 5.74) is 2.67. The van der Waals surface area contributed by atoms with Crippen molar-refractivity contribution in [1.82, 2.24) is 19.6 Å². The molecule has 2 unspecified atom stereocenters. The fraction of sp³-hybridized carbons (Fsp3) is 0.214. The molecule has 4 rings (SSSR count). The zero-order valence-electron chi connectivity index (χ0n) is 11.0. The highest BCUT2D eigenvalue weighted by atomic mass is 35.5. The number of aromatic nitrogens is 4. The molecule has 1 aliphatic carbocycles. The van der Waals surface area contributed by atoms with Gasteiger partial charge in [0.15, 0.2) is 5.65 Å². The number of anilines is 1. The number of hydrogen-bond acceptors (Lipinski definition) is 4. The van der Waals surface area contributed by atoms with Crippen LogP contribution >= 0.6 is 11.6 Å². The van der Waals surface area contributed by atoms with Crippen LogP contribution in [0.4, 0.5) is 5.82 Å². The normalized spacial score (nSPS) is 20.6. The molecule has 0 aliphatic heterocycles. The van der Waals surface area contributed by atoms with Crippen molar-refractivity contribution in [3.05, 3.63) is 58.3 Å². The number of hydrogen-bond donors (Lipinski definition) is 2. The predicted molar refractivity (Wildman–Crippen MR) is 79.8 cm³/mol. The summed E-state index contributed by atoms with van der Waals surface area (Å²) < 4.78 is 1.35. The quantitative estimate of drug-likeness (QED) is 0.707. The SMILES string of the molecule is O=c1[nH]nc2cc(NC3c4ccccc4CC3Cl)ncn12. The maximum Gasteiger partial charge on any atom is 0.348 e. The maximum atomic E-state index is 11.4. The number of halogens is 1. The molecule has 1 aromatic carbocycles. The Morgan fingerprint density at radius 3 is 3.14 bits per heavy atom. The molecule has 106 valence electrons. The van der Waals surface area contributed by atoms with Crippen LogP contribution in [-0.4, -0.2) is 25.0 Å². The molecule has 0 radical (unpaired) electrons. The predicted octanol–water partition coefficient (Wildman–Crippen LogP) is 1.73. The van der Waals surface area contributed by atoms with Gasteiger partial charge in [-0.15, -0.1) is 11.6 Å². The van der Waals surface area contributed by atoms with E-state index in [4.69, 9.17) is 11.6 Å². The Balaban J connectivity index is 1.69. The van der Waals surface area contributed by atoms with E-state index in [1.165, 1.54) is 21.9 Å². The molecule has 0 saturated carbocycles. The van der Waals surface area contributed by atoms with Crippen LogP contribution in [0.3, 0.4) is 0 Å². The van der Waals surface area contributed by atoms with Crippen LogP contribution in [0, 0.1) is 0 Å². The summed E-state index contributed by atoms with van der Waals surface area (Å²) in [6, 6.07) is 9.92. The molecular weight excluding hydrogens is 290 g/mol. The maximum absolute atomic E-state index is 11.4. The first kappa shape index (κ1) is 12.4. The third kappa shape index (κ3) is 1.99. The third-order valence-electron chi connectivity index (χ3n) is 3.78. The first-order chi connectivity index (χ1) is 10.2. The highest BCUT2D eigenvalue weighted by Gasteiger charge is 2.30. The van der Waals surface area contributed by atoms with Gasteiger partial charge in [-0.2, -0.15) is 5.10 Å². The van der Waals surface area contributed by atoms with Crippen molar-refractivity contribution in [1.29, 1.82) is 0 Å². The molecule has 3 aromatic rings. The van der Waals surface area contributed by atoms with Crippen LogP contribution in [0.5, 0.6) is 0 Å². The Kier molecular flexibility index (Phi) is 2.71. The molecule has 6 nitrogen and oxygen atoms in total. The van der Waals surface area contributed by atoms with Gasteiger partial charge in [0.1, 0.15) is 12.1 Å². The van der Waals surface area contributed by atoms with Crippen molar-refractivity contribution >= 4 is 23.1 Å². The summed E-state index contributed by atoms with van der Waals surface area (Å²) in [5.74, 6) is 0.647. The van der Waals surface area contributed by atoms with E-state index in [2.05, 4.69) is 32.6 Å². The van der Waals surface area contributed by atoms with E-state index in [1.54, 1.807) is 6.07 Å². The minimum atomic E-state index is -0.300. The van der Waals surface area contributed by atoms with Crippen LogP contribution in [-0.2, 0) is 6.42 Å². The lowest BCUT2D eigenvalue weighted by Gasteiger charge is -2.17. The monoisotopic (exact) mass is 301 g/mol. The number of benzene rings is 1. The van der Waals surface area contributed by atoms with Gasteiger partial charge < -0.3 is 5.32 Å². The summed E-state index contributed by atoms with van der Waals surface area (Å²) in [4.78, 5) is 15.7. The molecule has 2 aromatic heterocycles. The number of nitrogens with zero attached hydrogens (tertiary/aromatic N) is 3. The Morgan fingerprint density at radius 1 is 1.38 bits per heavy atom. The number of alkyl halides is 1. The van der Waals surface area contributed by atoms with Gasteiger partial charge in [0.2, 0.25) is 0 Å². The highest BCUT2D eigenvalue weighted by Crippen LogP contribution is 2.36. The van der Waals surface area contributed by atoms with Crippen LogP contribution < -0.4 is 11.0 Å². The van der Waals surface area contributed by atoms with Crippen molar-refractivity contribution in [2.45, 2.75) is 17.8 Å². The van der Waals surface area contributed by atoms with Gasteiger partial charge in [0, 0.05) is 6.07 Å². The Labute approximate surface area is 124 Å². The summed E-state index contributed by atoms with van der Waals surface area (Å²) in [6.45, 7) is 0. The molecule has 0 bridgehead atoms. The molecule has 0 spiro atoms. The molecule has 0 saturated heterocycles. The van der Waals surface area contributed by atoms with Crippen molar-refractivity contribution in [2.75, 3.05) is 5.32 Å². The van der Waals surface area contributed by atoms with E-state index in [0.717, 1.165) is 6.42 Å². The van der Waals surface area contributed by atoms with E-state index in [1.807, 2.05) is 12.1 Å². The van der Waals surface area contributed by atoms with Gasteiger partial charge in [-0.3, -0.25) is 0 Å². The number of rotatable bonds is 2. The molecule has 0 fully saturated rings. The molecule has 7 heteroatoms. The average molecular weight is 302 g/mol. The zero-order chi connectivity index (χ0) is 14.4. The summed E-state index contributed by atoms with van der Waals surface area (Å²) in [5, 5.41) is 9.62. The standard InChI is InChI=1S/C14H12ClN5O/c15-10-5-8-3-1-2-4-9(8)13(10)17-11-6-12-18-19-14(21)20(12)7-16-11/h1-4,6-7,10,13,17H,5H2,(H,19,21). The van der Waals surface area contributed by atoms with Crippen molar-refractivity contribution < 1.29 is 0 Å². The van der Waals surface area contributed by atoms with E-state index in [0.29, 0.717) is 11.5 Å². The van der Waals surface area contributed by atoms with Gasteiger partial charge in [0.05, 0.1) is 11.4 Å². The van der Waals surface area contributed by atoms with Gasteiger partial charge in [-0.25, -0.2) is 19.3 Å². The van der Waals surface area contributed by atoms with E-state index in [-0.39, 0.29) is 17.1 Å². The fourth-order valence-electron chi connectivity index (χ4n) is 2.76. The minimum Gasteiger partial charge on any atom is -0.362 e. The van der Waals surface area contributed by atoms with E-state index in [9.17, 15) is 4.79 Å². The van der Waals surface area contributed by atoms with Crippen LogP contribution in [0.2, 0.25) is 0 Å². The van der Waals surface area contributed by atoms with Crippen LogP contribution in [0.15, 0.2) is 41.5 Å². The lowest BCUT2D eigenvalue weighted by molar-refractivity contribution is 0.765. The zero-order valence-corrected chi connectivity index (χ0v) is 11.7. The Hall–Kier alpha value is -2.34. The second kappa shape index (κ2) is 4.60. The van der Waals surface area contributed by atoms with Gasteiger partial charge in [-0.1, -0.05) is 24.3 Å². The summed E-state index contributed by atoms with van der Waals surface area (Å²) in [6.07, 6.45) is 2.28. The van der Waals surface area contributed by atoms with Crippen molar-refractivity contribution in [3.8, 4) is 0 Å². The Bertz CT molecular complexity index is 871. The molecule has 1 aliphatic rings. The molecule has 2 atom stereocenters. The lowest BCUT2D eigenvalue weighted by Crippen LogP contribution is -2.18. The second-order valence-electron chi connectivity index (χ2n) is 5.07. The van der Waals surface area contributed by atoms with E-state index < -0.39 is 0 Å².